The summed E-state index contributed by atoms with van der Waals surface area (Å²) in [4.78, 5) is 2.32. The van der Waals surface area contributed by atoms with Crippen LogP contribution >= 0.6 is 0 Å². The zero-order valence-electron chi connectivity index (χ0n) is 12.6. The molecule has 1 nitrogen and oxygen atoms in total. The average Bonchev–Trinajstić information content (AvgIpc) is 2.40. The molecule has 0 aromatic carbocycles. The van der Waals surface area contributed by atoms with Gasteiger partial charge in [-0.1, -0.05) is 61.6 Å². The van der Waals surface area contributed by atoms with Crippen LogP contribution in [0.3, 0.4) is 0 Å². The van der Waals surface area contributed by atoms with E-state index in [0.29, 0.717) is 6.04 Å². The van der Waals surface area contributed by atoms with Crippen LogP contribution in [0, 0.1) is 5.41 Å². The average molecular weight is 257 g/mol. The van der Waals surface area contributed by atoms with Crippen molar-refractivity contribution in [2.45, 2.75) is 32.7 Å². The number of hydrogen-bond donors (Lipinski definition) is 0. The Labute approximate surface area is 118 Å². The van der Waals surface area contributed by atoms with Crippen LogP contribution in [-0.4, -0.2) is 24.5 Å². The van der Waals surface area contributed by atoms with E-state index in [0.717, 1.165) is 19.4 Å². The molecular weight excluding hydrogens is 230 g/mol. The van der Waals surface area contributed by atoms with Crippen LogP contribution in [0.2, 0.25) is 0 Å². The zero-order valence-corrected chi connectivity index (χ0v) is 12.6. The van der Waals surface area contributed by atoms with Crippen molar-refractivity contribution < 1.29 is 0 Å². The van der Waals surface area contributed by atoms with Gasteiger partial charge in [-0.3, -0.25) is 4.90 Å². The summed E-state index contributed by atoms with van der Waals surface area (Å²) in [6, 6.07) is 0.362. The second kappa shape index (κ2) is 7.30. The Bertz CT molecular complexity index is 400. The van der Waals surface area contributed by atoms with E-state index in [-0.39, 0.29) is 5.41 Å². The van der Waals surface area contributed by atoms with E-state index in [1.54, 1.807) is 0 Å². The largest absolute Gasteiger partial charge is 0.297 e. The van der Waals surface area contributed by atoms with Crippen LogP contribution in [0.15, 0.2) is 61.3 Å². The first-order valence-corrected chi connectivity index (χ1v) is 7.08. The van der Waals surface area contributed by atoms with Crippen molar-refractivity contribution in [3.8, 4) is 0 Å². The predicted octanol–water partition coefficient (Wildman–Crippen LogP) is 4.52. The molecular formula is C18H27N. The van der Waals surface area contributed by atoms with E-state index in [1.807, 2.05) is 6.08 Å². The quantitative estimate of drug-likeness (QED) is 0.632. The molecule has 1 aliphatic rings. The van der Waals surface area contributed by atoms with Crippen LogP contribution in [-0.2, 0) is 0 Å². The Morgan fingerprint density at radius 1 is 1.32 bits per heavy atom. The number of nitrogens with zero attached hydrogens (tertiary/aromatic N) is 1. The lowest BCUT2D eigenvalue weighted by Gasteiger charge is -2.28. The molecule has 1 heteroatoms. The van der Waals surface area contributed by atoms with Crippen molar-refractivity contribution in [1.82, 2.24) is 4.90 Å². The highest BCUT2D eigenvalue weighted by Crippen LogP contribution is 2.33. The second-order valence-corrected chi connectivity index (χ2v) is 5.38. The molecule has 0 saturated heterocycles. The van der Waals surface area contributed by atoms with Crippen molar-refractivity contribution in [3.05, 3.63) is 61.3 Å². The van der Waals surface area contributed by atoms with E-state index in [2.05, 4.69) is 75.4 Å². The molecule has 2 unspecified atom stereocenters. The minimum atomic E-state index is -0.0550. The molecule has 0 aromatic rings. The lowest BCUT2D eigenvalue weighted by Crippen LogP contribution is -2.29. The van der Waals surface area contributed by atoms with Gasteiger partial charge in [0.15, 0.2) is 0 Å². The summed E-state index contributed by atoms with van der Waals surface area (Å²) in [6.45, 7) is 13.5. The van der Waals surface area contributed by atoms with Gasteiger partial charge in [-0.2, -0.15) is 0 Å². The summed E-state index contributed by atoms with van der Waals surface area (Å²) in [5.74, 6) is 0. The third-order valence-electron chi connectivity index (χ3n) is 3.92. The molecule has 2 atom stereocenters. The third kappa shape index (κ3) is 4.36. The van der Waals surface area contributed by atoms with Crippen molar-refractivity contribution in [3.63, 3.8) is 0 Å². The molecule has 0 aromatic heterocycles. The van der Waals surface area contributed by atoms with Gasteiger partial charge in [-0.15, -0.1) is 6.58 Å². The molecule has 0 heterocycles. The molecule has 0 N–H and O–H groups in total. The monoisotopic (exact) mass is 257 g/mol. The molecule has 0 radical (unpaired) electrons. The first kappa shape index (κ1) is 15.7. The molecule has 0 fully saturated rings. The summed E-state index contributed by atoms with van der Waals surface area (Å²) in [5, 5.41) is 0. The highest BCUT2D eigenvalue weighted by Gasteiger charge is 2.22. The van der Waals surface area contributed by atoms with Crippen LogP contribution < -0.4 is 0 Å². The number of allylic oxidation sites excluding steroid dienone is 6. The lowest BCUT2D eigenvalue weighted by molar-refractivity contribution is 0.335. The van der Waals surface area contributed by atoms with Gasteiger partial charge in [-0.25, -0.2) is 0 Å². The molecule has 0 aliphatic heterocycles. The van der Waals surface area contributed by atoms with Gasteiger partial charge in [0.25, 0.3) is 0 Å². The summed E-state index contributed by atoms with van der Waals surface area (Å²) < 4.78 is 0. The Morgan fingerprint density at radius 2 is 2.05 bits per heavy atom. The molecule has 0 saturated carbocycles. The molecule has 1 aliphatic carbocycles. The van der Waals surface area contributed by atoms with Crippen LogP contribution in [0.25, 0.3) is 0 Å². The van der Waals surface area contributed by atoms with Gasteiger partial charge >= 0.3 is 0 Å². The van der Waals surface area contributed by atoms with E-state index in [9.17, 15) is 0 Å². The van der Waals surface area contributed by atoms with E-state index >= 15 is 0 Å². The van der Waals surface area contributed by atoms with Gasteiger partial charge in [0.2, 0.25) is 0 Å². The fourth-order valence-corrected chi connectivity index (χ4v) is 2.14. The van der Waals surface area contributed by atoms with Crippen molar-refractivity contribution in [2.75, 3.05) is 13.6 Å². The van der Waals surface area contributed by atoms with Crippen LogP contribution in [0.1, 0.15) is 26.7 Å². The molecule has 0 amide bonds. The first-order valence-electron chi connectivity index (χ1n) is 7.08. The van der Waals surface area contributed by atoms with Gasteiger partial charge in [0.05, 0.1) is 0 Å². The molecule has 19 heavy (non-hydrogen) atoms. The van der Waals surface area contributed by atoms with Crippen molar-refractivity contribution >= 4 is 0 Å². The summed E-state index contributed by atoms with van der Waals surface area (Å²) in [6.07, 6.45) is 17.2. The minimum absolute atomic E-state index is 0.0550. The summed E-state index contributed by atoms with van der Waals surface area (Å²) in [7, 11) is 2.15. The smallest absolute Gasteiger partial charge is 0.0462 e. The molecule has 0 bridgehead atoms. The lowest BCUT2D eigenvalue weighted by atomic mass is 9.79. The second-order valence-electron chi connectivity index (χ2n) is 5.38. The van der Waals surface area contributed by atoms with Crippen molar-refractivity contribution in [2.24, 2.45) is 5.41 Å². The SMILES string of the molecule is C=CCCC(=C)C1(C)C=CC(N(C)CC)/C=C\C=C/1. The van der Waals surface area contributed by atoms with Crippen LogP contribution in [0.5, 0.6) is 0 Å². The highest BCUT2D eigenvalue weighted by atomic mass is 15.1. The topological polar surface area (TPSA) is 3.24 Å². The van der Waals surface area contributed by atoms with Gasteiger partial charge in [0, 0.05) is 11.5 Å². The van der Waals surface area contributed by atoms with Gasteiger partial charge in [0.1, 0.15) is 0 Å². The predicted molar refractivity (Wildman–Crippen MR) is 86.2 cm³/mol. The molecule has 104 valence electrons. The first-order chi connectivity index (χ1) is 9.03. The van der Waals surface area contributed by atoms with Gasteiger partial charge < -0.3 is 0 Å². The maximum Gasteiger partial charge on any atom is 0.0462 e. The minimum Gasteiger partial charge on any atom is -0.297 e. The maximum atomic E-state index is 4.26. The zero-order chi connectivity index (χ0) is 14.3. The van der Waals surface area contributed by atoms with Crippen molar-refractivity contribution in [1.29, 1.82) is 0 Å². The maximum absolute atomic E-state index is 4.26. The fourth-order valence-electron chi connectivity index (χ4n) is 2.14. The number of hydrogen-bond acceptors (Lipinski definition) is 1. The standard InChI is InChI=1S/C18H27N/c1-6-8-11-16(3)18(4)14-10-9-12-17(13-15-18)19(5)7-2/h6,9-10,12-15,17H,1,3,7-8,11H2,2,4-5H3/b12-9-,14-10-,15-13?. The highest BCUT2D eigenvalue weighted by molar-refractivity contribution is 5.31. The van der Waals surface area contributed by atoms with E-state index < -0.39 is 0 Å². The van der Waals surface area contributed by atoms with Crippen LogP contribution in [0.4, 0.5) is 0 Å². The van der Waals surface area contributed by atoms with Gasteiger partial charge in [-0.05, 0) is 33.4 Å². The fraction of sp³-hybridized carbons (Fsp3) is 0.444. The summed E-state index contributed by atoms with van der Waals surface area (Å²) in [5.41, 5.74) is 1.19. The summed E-state index contributed by atoms with van der Waals surface area (Å²) >= 11 is 0. The number of rotatable bonds is 6. The van der Waals surface area contributed by atoms with E-state index in [1.165, 1.54) is 5.57 Å². The Kier molecular flexibility index (Phi) is 6.04. The normalized spacial score (nSPS) is 29.6. The Balaban J connectivity index is 2.91. The van der Waals surface area contributed by atoms with E-state index in [4.69, 9.17) is 0 Å². The molecule has 0 spiro atoms. The number of likely N-dealkylation sites (N-methyl/N-ethyl adjacent to an activating group) is 1. The Morgan fingerprint density at radius 3 is 2.68 bits per heavy atom. The Hall–Kier alpha value is -1.34. The third-order valence-corrected chi connectivity index (χ3v) is 3.92. The molecule has 1 rings (SSSR count).